The number of Topliss-reactive ketones (excluding diaryl/α,β-unsaturated/α-hetero) is 1. The van der Waals surface area contributed by atoms with Gasteiger partial charge in [-0.1, -0.05) is 6.92 Å². The molecule has 0 aliphatic carbocycles. The molecule has 5 heteroatoms. The summed E-state index contributed by atoms with van der Waals surface area (Å²) in [7, 11) is 0. The maximum Gasteiger partial charge on any atom is 0.176 e. The number of aromatic nitrogens is 1. The van der Waals surface area contributed by atoms with Crippen LogP contribution in [0.3, 0.4) is 0 Å². The number of nitrogens with one attached hydrogen (secondary N) is 2. The van der Waals surface area contributed by atoms with Gasteiger partial charge < -0.3 is 15.4 Å². The highest BCUT2D eigenvalue weighted by Crippen LogP contribution is 2.30. The molecule has 0 bridgehead atoms. The van der Waals surface area contributed by atoms with E-state index in [1.54, 1.807) is 12.4 Å². The molecule has 1 aliphatic rings. The van der Waals surface area contributed by atoms with Crippen molar-refractivity contribution >= 4 is 11.5 Å². The van der Waals surface area contributed by atoms with Crippen molar-refractivity contribution in [1.29, 1.82) is 0 Å². The fourth-order valence-corrected chi connectivity index (χ4v) is 2.54. The molecule has 2 N–H and O–H groups in total. The number of rotatable bonds is 6. The van der Waals surface area contributed by atoms with Gasteiger partial charge in [-0.15, -0.1) is 0 Å². The van der Waals surface area contributed by atoms with Crippen molar-refractivity contribution in [1.82, 2.24) is 10.3 Å². The van der Waals surface area contributed by atoms with Crippen LogP contribution in [0.25, 0.3) is 0 Å². The number of carbonyl (C=O) groups is 1. The highest BCUT2D eigenvalue weighted by molar-refractivity contribution is 5.98. The van der Waals surface area contributed by atoms with E-state index in [1.165, 1.54) is 0 Å². The van der Waals surface area contributed by atoms with Gasteiger partial charge in [-0.25, -0.2) is 0 Å². The lowest BCUT2D eigenvalue weighted by atomic mass is 10.1. The van der Waals surface area contributed by atoms with Crippen molar-refractivity contribution in [3.8, 4) is 5.75 Å². The Hall–Kier alpha value is -2.40. The van der Waals surface area contributed by atoms with Gasteiger partial charge in [-0.3, -0.25) is 9.78 Å². The van der Waals surface area contributed by atoms with Crippen molar-refractivity contribution in [2.75, 3.05) is 18.4 Å². The Kier molecular flexibility index (Phi) is 4.88. The fraction of sp³-hybridized carbons (Fsp3) is 0.333. The Bertz CT molecular complexity index is 673. The molecule has 1 aromatic heterocycles. The minimum absolute atomic E-state index is 0.0706. The number of carbonyl (C=O) groups excluding carboxylic acids is 1. The second-order valence-electron chi connectivity index (χ2n) is 5.62. The van der Waals surface area contributed by atoms with Crippen LogP contribution in [0, 0.1) is 0 Å². The number of fused-ring (bicyclic) bond motifs is 1. The van der Waals surface area contributed by atoms with E-state index in [9.17, 15) is 4.79 Å². The van der Waals surface area contributed by atoms with Gasteiger partial charge in [0.25, 0.3) is 0 Å². The number of hydrogen-bond donors (Lipinski definition) is 2. The molecule has 1 aromatic carbocycles. The summed E-state index contributed by atoms with van der Waals surface area (Å²) in [4.78, 5) is 16.3. The average molecular weight is 311 g/mol. The minimum atomic E-state index is 0.0706. The van der Waals surface area contributed by atoms with Crippen LogP contribution in [-0.4, -0.2) is 30.0 Å². The molecule has 0 saturated carbocycles. The summed E-state index contributed by atoms with van der Waals surface area (Å²) in [5, 5.41) is 6.50. The summed E-state index contributed by atoms with van der Waals surface area (Å²) in [6, 6.07) is 9.44. The normalized spacial score (nSPS) is 16.1. The smallest absolute Gasteiger partial charge is 0.176 e. The molecule has 0 fully saturated rings. The topological polar surface area (TPSA) is 63.2 Å². The van der Waals surface area contributed by atoms with Crippen LogP contribution in [-0.2, 0) is 6.54 Å². The van der Waals surface area contributed by atoms with E-state index in [4.69, 9.17) is 4.74 Å². The third-order valence-electron chi connectivity index (χ3n) is 3.93. The number of ether oxygens (including phenoxy) is 1. The van der Waals surface area contributed by atoms with Crippen LogP contribution < -0.4 is 15.4 Å². The first-order valence-electron chi connectivity index (χ1n) is 7.93. The standard InChI is InChI=1S/C18H21N3O2/c1-2-15-11-21-16-9-14(3-4-18(16)23-15)17(22)12-20-10-13-5-7-19-8-6-13/h3-9,15,20-21H,2,10-12H2,1H3. The van der Waals surface area contributed by atoms with Gasteiger partial charge in [-0.2, -0.15) is 0 Å². The first-order valence-corrected chi connectivity index (χ1v) is 7.93. The lowest BCUT2D eigenvalue weighted by Gasteiger charge is -2.26. The van der Waals surface area contributed by atoms with E-state index in [0.29, 0.717) is 18.7 Å². The molecule has 0 spiro atoms. The SMILES string of the molecule is CCC1CNc2cc(C(=O)CNCc3ccncc3)ccc2O1. The van der Waals surface area contributed by atoms with E-state index < -0.39 is 0 Å². The zero-order valence-electron chi connectivity index (χ0n) is 13.2. The van der Waals surface area contributed by atoms with E-state index in [0.717, 1.165) is 30.0 Å². The maximum absolute atomic E-state index is 12.3. The van der Waals surface area contributed by atoms with Gasteiger partial charge in [0.2, 0.25) is 0 Å². The third kappa shape index (κ3) is 3.87. The first kappa shape index (κ1) is 15.5. The van der Waals surface area contributed by atoms with Crippen molar-refractivity contribution in [2.24, 2.45) is 0 Å². The Morgan fingerprint density at radius 1 is 1.35 bits per heavy atom. The second-order valence-corrected chi connectivity index (χ2v) is 5.62. The molecule has 0 amide bonds. The number of benzene rings is 1. The number of ketones is 1. The van der Waals surface area contributed by atoms with Crippen molar-refractivity contribution in [3.63, 3.8) is 0 Å². The lowest BCUT2D eigenvalue weighted by Crippen LogP contribution is -2.30. The summed E-state index contributed by atoms with van der Waals surface area (Å²) >= 11 is 0. The number of hydrogen-bond acceptors (Lipinski definition) is 5. The van der Waals surface area contributed by atoms with Gasteiger partial charge in [0.05, 0.1) is 18.8 Å². The lowest BCUT2D eigenvalue weighted by molar-refractivity contribution is 0.0990. The molecule has 23 heavy (non-hydrogen) atoms. The molecule has 1 atom stereocenters. The van der Waals surface area contributed by atoms with E-state index in [2.05, 4.69) is 22.5 Å². The Morgan fingerprint density at radius 2 is 2.17 bits per heavy atom. The van der Waals surface area contributed by atoms with Crippen molar-refractivity contribution < 1.29 is 9.53 Å². The van der Waals surface area contributed by atoms with Crippen LogP contribution in [0.5, 0.6) is 5.75 Å². The molecule has 0 saturated heterocycles. The molecule has 2 aromatic rings. The molecule has 120 valence electrons. The average Bonchev–Trinajstić information content (AvgIpc) is 2.61. The molecular weight excluding hydrogens is 290 g/mol. The van der Waals surface area contributed by atoms with Crippen LogP contribution in [0.2, 0.25) is 0 Å². The van der Waals surface area contributed by atoms with Gasteiger partial charge in [0.1, 0.15) is 11.9 Å². The van der Waals surface area contributed by atoms with E-state index in [-0.39, 0.29) is 11.9 Å². The van der Waals surface area contributed by atoms with Crippen LogP contribution in [0.15, 0.2) is 42.7 Å². The summed E-state index contributed by atoms with van der Waals surface area (Å²) < 4.78 is 5.86. The summed E-state index contributed by atoms with van der Waals surface area (Å²) in [6.07, 6.45) is 4.66. The maximum atomic E-state index is 12.3. The number of pyridine rings is 1. The Balaban J connectivity index is 1.58. The van der Waals surface area contributed by atoms with E-state index >= 15 is 0 Å². The summed E-state index contributed by atoms with van der Waals surface area (Å²) in [5.41, 5.74) is 2.70. The van der Waals surface area contributed by atoms with Crippen LogP contribution in [0.1, 0.15) is 29.3 Å². The van der Waals surface area contributed by atoms with E-state index in [1.807, 2.05) is 30.3 Å². The highest BCUT2D eigenvalue weighted by atomic mass is 16.5. The predicted molar refractivity (Wildman–Crippen MR) is 89.9 cm³/mol. The minimum Gasteiger partial charge on any atom is -0.486 e. The molecule has 2 heterocycles. The van der Waals surface area contributed by atoms with Crippen molar-refractivity contribution in [2.45, 2.75) is 26.0 Å². The molecule has 0 radical (unpaired) electrons. The van der Waals surface area contributed by atoms with Gasteiger partial charge in [0, 0.05) is 24.5 Å². The summed E-state index contributed by atoms with van der Waals surface area (Å²) in [5.74, 6) is 0.894. The molecule has 1 unspecified atom stereocenters. The molecule has 5 nitrogen and oxygen atoms in total. The van der Waals surface area contributed by atoms with Crippen LogP contribution in [0.4, 0.5) is 5.69 Å². The molecular formula is C18H21N3O2. The fourth-order valence-electron chi connectivity index (χ4n) is 2.54. The van der Waals surface area contributed by atoms with Crippen molar-refractivity contribution in [3.05, 3.63) is 53.9 Å². The predicted octanol–water partition coefficient (Wildman–Crippen LogP) is 2.64. The third-order valence-corrected chi connectivity index (χ3v) is 3.93. The molecule has 1 aliphatic heterocycles. The first-order chi connectivity index (χ1) is 11.3. The second kappa shape index (κ2) is 7.24. The number of anilines is 1. The number of nitrogens with zero attached hydrogens (tertiary/aromatic N) is 1. The zero-order chi connectivity index (χ0) is 16.1. The Labute approximate surface area is 136 Å². The van der Waals surface area contributed by atoms with Gasteiger partial charge in [-0.05, 0) is 42.3 Å². The Morgan fingerprint density at radius 3 is 2.96 bits per heavy atom. The summed E-state index contributed by atoms with van der Waals surface area (Å²) in [6.45, 7) is 3.84. The quantitative estimate of drug-likeness (QED) is 0.803. The monoisotopic (exact) mass is 311 g/mol. The zero-order valence-corrected chi connectivity index (χ0v) is 13.2. The van der Waals surface area contributed by atoms with Gasteiger partial charge in [0.15, 0.2) is 5.78 Å². The van der Waals surface area contributed by atoms with Gasteiger partial charge >= 0.3 is 0 Å². The largest absolute Gasteiger partial charge is 0.486 e. The highest BCUT2D eigenvalue weighted by Gasteiger charge is 2.18. The van der Waals surface area contributed by atoms with Crippen LogP contribution >= 0.6 is 0 Å². The molecule has 3 rings (SSSR count).